The summed E-state index contributed by atoms with van der Waals surface area (Å²) in [5, 5.41) is 16.1. The molecule has 0 bridgehead atoms. The van der Waals surface area contributed by atoms with E-state index in [2.05, 4.69) is 10.3 Å². The van der Waals surface area contributed by atoms with Crippen LogP contribution in [0.2, 0.25) is 0 Å². The van der Waals surface area contributed by atoms with Crippen LogP contribution in [0.5, 0.6) is 0 Å². The predicted molar refractivity (Wildman–Crippen MR) is 85.9 cm³/mol. The molecule has 2 heterocycles. The van der Waals surface area contributed by atoms with E-state index in [0.717, 1.165) is 49.7 Å². The maximum atomic E-state index is 11.8. The van der Waals surface area contributed by atoms with Crippen molar-refractivity contribution < 1.29 is 9.90 Å². The van der Waals surface area contributed by atoms with Crippen LogP contribution in [0.4, 0.5) is 5.82 Å². The zero-order valence-corrected chi connectivity index (χ0v) is 12.8. The molecule has 2 aromatic rings. The zero-order chi connectivity index (χ0) is 14.7. The lowest BCUT2D eigenvalue weighted by Gasteiger charge is -2.28. The Bertz CT molecular complexity index is 630. The largest absolute Gasteiger partial charge is 0.481 e. The minimum absolute atomic E-state index is 0.463. The second kappa shape index (κ2) is 6.02. The minimum Gasteiger partial charge on any atom is -0.481 e. The van der Waals surface area contributed by atoms with Gasteiger partial charge in [0.15, 0.2) is 0 Å². The molecule has 0 atom stereocenters. The van der Waals surface area contributed by atoms with Crippen molar-refractivity contribution in [3.63, 3.8) is 0 Å². The van der Waals surface area contributed by atoms with E-state index < -0.39 is 11.4 Å². The van der Waals surface area contributed by atoms with Crippen molar-refractivity contribution in [2.45, 2.75) is 38.5 Å². The molecule has 0 spiro atoms. The number of thiophene rings is 1. The Morgan fingerprint density at radius 3 is 2.76 bits per heavy atom. The molecule has 4 nitrogen and oxygen atoms in total. The second-order valence-electron chi connectivity index (χ2n) is 5.85. The van der Waals surface area contributed by atoms with Gasteiger partial charge < -0.3 is 10.4 Å². The highest BCUT2D eigenvalue weighted by molar-refractivity contribution is 7.17. The molecule has 21 heavy (non-hydrogen) atoms. The molecular formula is C16H20N2O2S. The molecule has 0 aromatic carbocycles. The van der Waals surface area contributed by atoms with Crippen LogP contribution < -0.4 is 5.32 Å². The lowest BCUT2D eigenvalue weighted by Crippen LogP contribution is -2.37. The molecule has 0 radical (unpaired) electrons. The quantitative estimate of drug-likeness (QED) is 0.834. The first-order chi connectivity index (χ1) is 10.2. The highest BCUT2D eigenvalue weighted by Crippen LogP contribution is 2.36. The van der Waals surface area contributed by atoms with Crippen LogP contribution in [0, 0.1) is 5.41 Å². The SMILES string of the molecule is O=C(O)C1(CNc2nccc3sccc23)CCCCCC1. The van der Waals surface area contributed by atoms with Gasteiger partial charge in [-0.1, -0.05) is 25.7 Å². The van der Waals surface area contributed by atoms with Crippen molar-refractivity contribution in [3.05, 3.63) is 23.7 Å². The van der Waals surface area contributed by atoms with Crippen molar-refractivity contribution in [2.75, 3.05) is 11.9 Å². The summed E-state index contributed by atoms with van der Waals surface area (Å²) >= 11 is 1.68. The molecule has 0 aliphatic heterocycles. The molecule has 2 aromatic heterocycles. The summed E-state index contributed by atoms with van der Waals surface area (Å²) in [6, 6.07) is 4.03. The van der Waals surface area contributed by atoms with Crippen molar-refractivity contribution in [3.8, 4) is 0 Å². The summed E-state index contributed by atoms with van der Waals surface area (Å²) in [4.78, 5) is 16.2. The van der Waals surface area contributed by atoms with Gasteiger partial charge in [-0.2, -0.15) is 0 Å². The van der Waals surface area contributed by atoms with Gasteiger partial charge in [-0.15, -0.1) is 11.3 Å². The fraction of sp³-hybridized carbons (Fsp3) is 0.500. The number of nitrogens with one attached hydrogen (secondary N) is 1. The normalized spacial score (nSPS) is 18.3. The summed E-state index contributed by atoms with van der Waals surface area (Å²) in [6.07, 6.45) is 7.60. The van der Waals surface area contributed by atoms with E-state index in [-0.39, 0.29) is 0 Å². The fourth-order valence-corrected chi connectivity index (χ4v) is 3.94. The molecule has 5 heteroatoms. The third-order valence-corrected chi connectivity index (χ3v) is 5.37. The summed E-state index contributed by atoms with van der Waals surface area (Å²) in [7, 11) is 0. The monoisotopic (exact) mass is 304 g/mol. The Hall–Kier alpha value is -1.62. The van der Waals surface area contributed by atoms with Crippen molar-refractivity contribution in [1.29, 1.82) is 0 Å². The minimum atomic E-state index is -0.672. The smallest absolute Gasteiger partial charge is 0.311 e. The molecule has 1 saturated carbocycles. The lowest BCUT2D eigenvalue weighted by molar-refractivity contribution is -0.149. The van der Waals surface area contributed by atoms with Gasteiger partial charge in [-0.3, -0.25) is 4.79 Å². The molecular weight excluding hydrogens is 284 g/mol. The van der Waals surface area contributed by atoms with Crippen molar-refractivity contribution >= 4 is 33.2 Å². The van der Waals surface area contributed by atoms with E-state index in [4.69, 9.17) is 0 Å². The Morgan fingerprint density at radius 1 is 1.29 bits per heavy atom. The molecule has 2 N–H and O–H groups in total. The van der Waals surface area contributed by atoms with Crippen molar-refractivity contribution in [2.24, 2.45) is 5.41 Å². The van der Waals surface area contributed by atoms with E-state index in [1.807, 2.05) is 17.5 Å². The average Bonchev–Trinajstić information content (AvgIpc) is 2.83. The maximum Gasteiger partial charge on any atom is 0.311 e. The van der Waals surface area contributed by atoms with Crippen LogP contribution in [0.15, 0.2) is 23.7 Å². The molecule has 1 aliphatic rings. The summed E-state index contributed by atoms with van der Waals surface area (Å²) < 4.78 is 1.18. The first-order valence-corrected chi connectivity index (χ1v) is 8.39. The Morgan fingerprint density at radius 2 is 2.05 bits per heavy atom. The molecule has 0 unspecified atom stereocenters. The molecule has 1 aliphatic carbocycles. The third-order valence-electron chi connectivity index (χ3n) is 4.49. The maximum absolute atomic E-state index is 11.8. The highest BCUT2D eigenvalue weighted by atomic mass is 32.1. The number of aliphatic carboxylic acids is 1. The van der Waals surface area contributed by atoms with Gasteiger partial charge in [0.05, 0.1) is 5.41 Å². The van der Waals surface area contributed by atoms with Crippen LogP contribution in [-0.4, -0.2) is 22.6 Å². The number of hydrogen-bond acceptors (Lipinski definition) is 4. The summed E-state index contributed by atoms with van der Waals surface area (Å²) in [6.45, 7) is 0.463. The van der Waals surface area contributed by atoms with Crippen molar-refractivity contribution in [1.82, 2.24) is 4.98 Å². The first kappa shape index (κ1) is 14.3. The standard InChI is InChI=1S/C16H20N2O2S/c19-15(20)16(7-3-1-2-4-8-16)11-18-14-12-6-10-21-13(12)5-9-17-14/h5-6,9-10H,1-4,7-8,11H2,(H,17,18)(H,19,20). The van der Waals surface area contributed by atoms with Gasteiger partial charge in [0.25, 0.3) is 0 Å². The van der Waals surface area contributed by atoms with E-state index in [1.165, 1.54) is 4.70 Å². The number of anilines is 1. The van der Waals surface area contributed by atoms with Gasteiger partial charge in [0, 0.05) is 22.8 Å². The van der Waals surface area contributed by atoms with Gasteiger partial charge in [0.1, 0.15) is 5.82 Å². The summed E-state index contributed by atoms with van der Waals surface area (Å²) in [5.41, 5.74) is -0.642. The van der Waals surface area contributed by atoms with Gasteiger partial charge in [-0.25, -0.2) is 4.98 Å². The first-order valence-electron chi connectivity index (χ1n) is 7.51. The number of fused-ring (bicyclic) bond motifs is 1. The molecule has 3 rings (SSSR count). The highest BCUT2D eigenvalue weighted by Gasteiger charge is 2.38. The number of hydrogen-bond donors (Lipinski definition) is 2. The van der Waals surface area contributed by atoms with E-state index in [9.17, 15) is 9.90 Å². The Labute approximate surface area is 128 Å². The number of rotatable bonds is 4. The number of nitrogens with zero attached hydrogens (tertiary/aromatic N) is 1. The molecule has 112 valence electrons. The van der Waals surface area contributed by atoms with E-state index >= 15 is 0 Å². The summed E-state index contributed by atoms with van der Waals surface area (Å²) in [5.74, 6) is 0.132. The molecule has 0 amide bonds. The van der Waals surface area contributed by atoms with E-state index in [1.54, 1.807) is 17.5 Å². The van der Waals surface area contributed by atoms with Crippen LogP contribution in [0.3, 0.4) is 0 Å². The lowest BCUT2D eigenvalue weighted by atomic mass is 9.80. The second-order valence-corrected chi connectivity index (χ2v) is 6.79. The fourth-order valence-electron chi connectivity index (χ4n) is 3.16. The Balaban J connectivity index is 1.80. The number of carboxylic acid groups (broad SMARTS) is 1. The Kier molecular flexibility index (Phi) is 4.10. The predicted octanol–water partition coefficient (Wildman–Crippen LogP) is 4.13. The number of carbonyl (C=O) groups is 1. The number of pyridine rings is 1. The molecule has 0 saturated heterocycles. The van der Waals surface area contributed by atoms with Gasteiger partial charge in [0.2, 0.25) is 0 Å². The van der Waals surface area contributed by atoms with E-state index in [0.29, 0.717) is 6.54 Å². The average molecular weight is 304 g/mol. The molecule has 1 fully saturated rings. The van der Waals surface area contributed by atoms with Gasteiger partial charge >= 0.3 is 5.97 Å². The topological polar surface area (TPSA) is 62.2 Å². The zero-order valence-electron chi connectivity index (χ0n) is 12.0. The van der Waals surface area contributed by atoms with Crippen LogP contribution in [0.25, 0.3) is 10.1 Å². The van der Waals surface area contributed by atoms with Crippen LogP contribution >= 0.6 is 11.3 Å². The van der Waals surface area contributed by atoms with Crippen LogP contribution in [0.1, 0.15) is 38.5 Å². The third kappa shape index (κ3) is 2.88. The number of carboxylic acids is 1. The van der Waals surface area contributed by atoms with Gasteiger partial charge in [-0.05, 0) is 30.4 Å². The van der Waals surface area contributed by atoms with Crippen LogP contribution in [-0.2, 0) is 4.79 Å². The number of aromatic nitrogens is 1.